The summed E-state index contributed by atoms with van der Waals surface area (Å²) in [6.45, 7) is 10.1. The van der Waals surface area contributed by atoms with Gasteiger partial charge in [0.1, 0.15) is 23.1 Å². The predicted molar refractivity (Wildman–Crippen MR) is 190 cm³/mol. The molecule has 238 valence electrons. The van der Waals surface area contributed by atoms with Gasteiger partial charge in [0.2, 0.25) is 0 Å². The zero-order valence-corrected chi connectivity index (χ0v) is 28.5. The summed E-state index contributed by atoms with van der Waals surface area (Å²) in [7, 11) is 3.40. The van der Waals surface area contributed by atoms with E-state index in [9.17, 15) is 10.5 Å². The quantitative estimate of drug-likeness (QED) is 0.164. The van der Waals surface area contributed by atoms with Crippen LogP contribution in [0, 0.1) is 22.7 Å². The molecule has 1 atom stereocenters. The lowest BCUT2D eigenvalue weighted by atomic mass is 9.86. The highest BCUT2D eigenvalue weighted by Gasteiger charge is 2.43. The summed E-state index contributed by atoms with van der Waals surface area (Å²) < 4.78 is 18.1. The Hall–Kier alpha value is -4.72. The van der Waals surface area contributed by atoms with E-state index in [0.717, 1.165) is 82.4 Å². The third-order valence-corrected chi connectivity index (χ3v) is 9.21. The number of rotatable bonds is 14. The van der Waals surface area contributed by atoms with Gasteiger partial charge in [-0.1, -0.05) is 63.1 Å². The van der Waals surface area contributed by atoms with E-state index in [4.69, 9.17) is 14.2 Å². The van der Waals surface area contributed by atoms with Gasteiger partial charge in [0.15, 0.2) is 11.4 Å². The van der Waals surface area contributed by atoms with Crippen LogP contribution in [0.15, 0.2) is 83.2 Å². The number of nitriles is 2. The Bertz CT molecular complexity index is 1690. The Morgan fingerprint density at radius 2 is 1.48 bits per heavy atom. The molecule has 6 nitrogen and oxygen atoms in total. The molecule has 1 aliphatic rings. The maximum Gasteiger partial charge on any atom is 0.158 e. The summed E-state index contributed by atoms with van der Waals surface area (Å²) in [6.07, 6.45) is 12.6. The first-order valence-electron chi connectivity index (χ1n) is 15.8. The summed E-state index contributed by atoms with van der Waals surface area (Å²) in [5.74, 6) is 1.88. The first kappa shape index (κ1) is 34.2. The molecule has 0 spiro atoms. The largest absolute Gasteiger partial charge is 0.496 e. The molecule has 3 aromatic rings. The monoisotopic (exact) mass is 633 g/mol. The van der Waals surface area contributed by atoms with Crippen molar-refractivity contribution in [2.75, 3.05) is 32.2 Å². The Morgan fingerprint density at radius 3 is 2.00 bits per heavy atom. The molecule has 0 radical (unpaired) electrons. The van der Waals surface area contributed by atoms with Crippen molar-refractivity contribution >= 4 is 35.3 Å². The zero-order valence-electron chi connectivity index (χ0n) is 27.7. The van der Waals surface area contributed by atoms with Crippen LogP contribution in [0.2, 0.25) is 0 Å². The number of unbranched alkanes of at least 4 members (excludes halogenated alkanes) is 2. The van der Waals surface area contributed by atoms with Crippen LogP contribution >= 0.6 is 11.3 Å². The van der Waals surface area contributed by atoms with Gasteiger partial charge in [-0.15, -0.1) is 11.3 Å². The van der Waals surface area contributed by atoms with Crippen molar-refractivity contribution in [1.29, 1.82) is 10.5 Å². The Balaban J connectivity index is 1.64. The molecule has 2 heterocycles. The number of allylic oxidation sites excluding steroid dienone is 2. The minimum absolute atomic E-state index is 0.332. The average Bonchev–Trinajstić information content (AvgIpc) is 3.67. The van der Waals surface area contributed by atoms with Gasteiger partial charge in [-0.2, -0.15) is 10.5 Å². The van der Waals surface area contributed by atoms with Crippen LogP contribution in [-0.4, -0.2) is 27.3 Å². The molecule has 7 heteroatoms. The van der Waals surface area contributed by atoms with Crippen molar-refractivity contribution < 1.29 is 14.2 Å². The molecule has 0 saturated carbocycles. The second-order valence-electron chi connectivity index (χ2n) is 11.3. The van der Waals surface area contributed by atoms with Crippen LogP contribution in [0.5, 0.6) is 11.5 Å². The molecule has 4 rings (SSSR count). The van der Waals surface area contributed by atoms with E-state index in [1.807, 2.05) is 55.5 Å². The molecule has 0 N–H and O–H groups in total. The van der Waals surface area contributed by atoms with Crippen LogP contribution in [-0.2, 0) is 10.3 Å². The first-order chi connectivity index (χ1) is 22.3. The summed E-state index contributed by atoms with van der Waals surface area (Å²) in [5.41, 5.74) is 3.48. The highest BCUT2D eigenvalue weighted by Crippen LogP contribution is 2.47. The van der Waals surface area contributed by atoms with Crippen molar-refractivity contribution in [3.05, 3.63) is 104 Å². The third-order valence-electron chi connectivity index (χ3n) is 8.19. The summed E-state index contributed by atoms with van der Waals surface area (Å²) in [4.78, 5) is 4.50. The molecule has 1 aliphatic heterocycles. The number of methoxy groups -OCH3 is 2. The Kier molecular flexibility index (Phi) is 11.9. The minimum atomic E-state index is -0.905. The number of hydrogen-bond donors (Lipinski definition) is 0. The van der Waals surface area contributed by atoms with Gasteiger partial charge >= 0.3 is 0 Å². The molecule has 0 aliphatic carbocycles. The zero-order chi connectivity index (χ0) is 33.1. The lowest BCUT2D eigenvalue weighted by Crippen LogP contribution is -2.25. The molecule has 0 amide bonds. The van der Waals surface area contributed by atoms with E-state index in [2.05, 4.69) is 61.2 Å². The van der Waals surface area contributed by atoms with Crippen molar-refractivity contribution in [3.8, 4) is 23.6 Å². The molecule has 1 aromatic heterocycles. The minimum Gasteiger partial charge on any atom is -0.496 e. The maximum absolute atomic E-state index is 10.1. The lowest BCUT2D eigenvalue weighted by molar-refractivity contribution is 0.0750. The smallest absolute Gasteiger partial charge is 0.158 e. The van der Waals surface area contributed by atoms with E-state index >= 15 is 0 Å². The number of hydrogen-bond acceptors (Lipinski definition) is 7. The molecule has 2 aromatic carbocycles. The fourth-order valence-corrected chi connectivity index (χ4v) is 6.34. The van der Waals surface area contributed by atoms with Crippen molar-refractivity contribution in [2.45, 2.75) is 59.0 Å². The summed E-state index contributed by atoms with van der Waals surface area (Å²) in [6, 6.07) is 22.6. The van der Waals surface area contributed by atoms with Crippen molar-refractivity contribution in [2.24, 2.45) is 0 Å². The number of ether oxygens (including phenoxy) is 3. The normalized spacial score (nSPS) is 17.2. The lowest BCUT2D eigenvalue weighted by Gasteiger charge is -2.27. The highest BCUT2D eigenvalue weighted by molar-refractivity contribution is 7.13. The van der Waals surface area contributed by atoms with Gasteiger partial charge in [0, 0.05) is 46.2 Å². The fraction of sp³-hybridized carbons (Fsp3) is 0.333. The van der Waals surface area contributed by atoms with Crippen LogP contribution < -0.4 is 14.4 Å². The van der Waals surface area contributed by atoms with Gasteiger partial charge in [0.05, 0.1) is 31.4 Å². The number of thiophene rings is 1. The van der Waals surface area contributed by atoms with Gasteiger partial charge in [0.25, 0.3) is 0 Å². The third kappa shape index (κ3) is 7.56. The Labute approximate surface area is 278 Å². The standard InChI is InChI=1S/C39H43N3O3S/c1-7-9-22-42(23-10-8-2)30-24-36(43-5)33(37(25-30)44-6)20-18-31-16-17-32(46-31)19-21-35-34(27-41)38(28(3)26-40)45-39(35,4)29-14-12-11-13-15-29/h11-21,24-25H,7-10,22-23H2,1-6H3/b20-18+,21-19+,38-28+. The topological polar surface area (TPSA) is 78.5 Å². The Morgan fingerprint density at radius 1 is 0.891 bits per heavy atom. The van der Waals surface area contributed by atoms with Crippen LogP contribution in [0.25, 0.3) is 18.2 Å². The van der Waals surface area contributed by atoms with E-state index in [0.29, 0.717) is 16.9 Å². The number of benzene rings is 2. The second kappa shape index (κ2) is 16.0. The summed E-state index contributed by atoms with van der Waals surface area (Å²) >= 11 is 1.63. The molecular formula is C39H43N3O3S. The maximum atomic E-state index is 10.1. The van der Waals surface area contributed by atoms with Gasteiger partial charge in [-0.05, 0) is 62.6 Å². The number of anilines is 1. The SMILES string of the molecule is CCCCN(CCCC)c1cc(OC)c(/C=C/c2ccc(/C=C/C3=C(C#N)C(=C(/C)C#N)/OC3(C)c3ccccc3)s2)c(OC)c1. The second-order valence-corrected chi connectivity index (χ2v) is 12.5. The molecule has 0 fully saturated rings. The highest BCUT2D eigenvalue weighted by atomic mass is 32.1. The molecule has 0 bridgehead atoms. The fourth-order valence-electron chi connectivity index (χ4n) is 5.53. The van der Waals surface area contributed by atoms with Crippen molar-refractivity contribution in [3.63, 3.8) is 0 Å². The van der Waals surface area contributed by atoms with Gasteiger partial charge in [-0.3, -0.25) is 0 Å². The molecule has 46 heavy (non-hydrogen) atoms. The van der Waals surface area contributed by atoms with Crippen molar-refractivity contribution in [1.82, 2.24) is 0 Å². The molecular weight excluding hydrogens is 591 g/mol. The molecule has 1 unspecified atom stereocenters. The molecule has 0 saturated heterocycles. The first-order valence-corrected chi connectivity index (χ1v) is 16.6. The van der Waals surface area contributed by atoms with Crippen LogP contribution in [0.4, 0.5) is 5.69 Å². The van der Waals surface area contributed by atoms with Crippen LogP contribution in [0.3, 0.4) is 0 Å². The predicted octanol–water partition coefficient (Wildman–Crippen LogP) is 9.92. The van der Waals surface area contributed by atoms with E-state index in [-0.39, 0.29) is 0 Å². The van der Waals surface area contributed by atoms with Crippen LogP contribution in [0.1, 0.15) is 74.3 Å². The number of nitrogens with zero attached hydrogens (tertiary/aromatic N) is 3. The average molecular weight is 634 g/mol. The van der Waals surface area contributed by atoms with E-state index in [1.165, 1.54) is 0 Å². The summed E-state index contributed by atoms with van der Waals surface area (Å²) in [5, 5.41) is 19.7. The van der Waals surface area contributed by atoms with E-state index in [1.54, 1.807) is 32.5 Å². The van der Waals surface area contributed by atoms with E-state index < -0.39 is 5.60 Å². The van der Waals surface area contributed by atoms with Gasteiger partial charge < -0.3 is 19.1 Å². The van der Waals surface area contributed by atoms with Gasteiger partial charge in [-0.25, -0.2) is 0 Å².